The minimum Gasteiger partial charge on any atom is -0.293 e. The summed E-state index contributed by atoms with van der Waals surface area (Å²) < 4.78 is 0. The Hall–Kier alpha value is -4.98. The highest BCUT2D eigenvalue weighted by molar-refractivity contribution is 6.14. The maximum absolute atomic E-state index is 13.6. The van der Waals surface area contributed by atoms with E-state index < -0.39 is 21.7 Å². The van der Waals surface area contributed by atoms with Gasteiger partial charge in [-0.3, -0.25) is 29.8 Å². The minimum absolute atomic E-state index is 0.0397. The molecule has 0 spiro atoms. The fourth-order valence-corrected chi connectivity index (χ4v) is 5.47. The van der Waals surface area contributed by atoms with Gasteiger partial charge in [-0.1, -0.05) is 48.5 Å². The van der Waals surface area contributed by atoms with E-state index in [0.29, 0.717) is 50.9 Å². The van der Waals surface area contributed by atoms with Gasteiger partial charge in [0.2, 0.25) is 0 Å². The predicted molar refractivity (Wildman–Crippen MR) is 136 cm³/mol. The molecule has 0 fully saturated rings. The molecule has 2 unspecified atom stereocenters. The first-order chi connectivity index (χ1) is 17.8. The van der Waals surface area contributed by atoms with Crippen LogP contribution in [0.25, 0.3) is 22.3 Å². The number of hydrogen-bond acceptors (Lipinski definition) is 6. The molecule has 0 radical (unpaired) electrons. The lowest BCUT2D eigenvalue weighted by Crippen LogP contribution is -2.34. The van der Waals surface area contributed by atoms with Gasteiger partial charge in [0.25, 0.3) is 11.4 Å². The second-order valence-electron chi connectivity index (χ2n) is 9.29. The third kappa shape index (κ3) is 3.61. The molecule has 8 nitrogen and oxygen atoms in total. The van der Waals surface area contributed by atoms with Gasteiger partial charge in [0, 0.05) is 47.2 Å². The number of rotatable bonds is 4. The number of nitro groups is 2. The van der Waals surface area contributed by atoms with Gasteiger partial charge in [0.15, 0.2) is 11.6 Å². The molecule has 2 aliphatic carbocycles. The van der Waals surface area contributed by atoms with Gasteiger partial charge < -0.3 is 0 Å². The molecule has 2 atom stereocenters. The van der Waals surface area contributed by atoms with Crippen molar-refractivity contribution >= 4 is 22.9 Å². The van der Waals surface area contributed by atoms with E-state index in [-0.39, 0.29) is 22.9 Å². The van der Waals surface area contributed by atoms with Gasteiger partial charge >= 0.3 is 0 Å². The quantitative estimate of drug-likeness (QED) is 0.238. The molecule has 37 heavy (non-hydrogen) atoms. The van der Waals surface area contributed by atoms with Gasteiger partial charge in [0.05, 0.1) is 9.85 Å². The van der Waals surface area contributed by atoms with Gasteiger partial charge in [-0.15, -0.1) is 0 Å². The van der Waals surface area contributed by atoms with Crippen molar-refractivity contribution in [1.29, 1.82) is 0 Å². The van der Waals surface area contributed by atoms with Crippen molar-refractivity contribution in [2.75, 3.05) is 0 Å². The first-order valence-electron chi connectivity index (χ1n) is 11.7. The van der Waals surface area contributed by atoms with Crippen LogP contribution in [0.15, 0.2) is 84.9 Å². The van der Waals surface area contributed by atoms with E-state index in [9.17, 15) is 29.8 Å². The number of nitrogens with zero attached hydrogens (tertiary/aromatic N) is 2. The van der Waals surface area contributed by atoms with Crippen LogP contribution in [0.5, 0.6) is 0 Å². The van der Waals surface area contributed by atoms with Crippen LogP contribution in [0.2, 0.25) is 0 Å². The molecule has 0 saturated heterocycles. The lowest BCUT2D eigenvalue weighted by atomic mass is 9.65. The Bertz CT molecular complexity index is 1550. The number of fused-ring (bicyclic) bond motifs is 6. The number of ketones is 2. The molecule has 6 rings (SSSR count). The summed E-state index contributed by atoms with van der Waals surface area (Å²) in [5.41, 5.74) is 4.75. The zero-order valence-electron chi connectivity index (χ0n) is 19.3. The van der Waals surface area contributed by atoms with Crippen molar-refractivity contribution in [2.45, 2.75) is 18.3 Å². The van der Waals surface area contributed by atoms with E-state index in [1.807, 2.05) is 0 Å². The highest BCUT2D eigenvalue weighted by atomic mass is 16.6. The predicted octanol–water partition coefficient (Wildman–Crippen LogP) is 6.49. The van der Waals surface area contributed by atoms with Crippen LogP contribution in [0, 0.1) is 20.2 Å². The molecule has 2 aliphatic rings. The van der Waals surface area contributed by atoms with Gasteiger partial charge in [-0.05, 0) is 51.9 Å². The van der Waals surface area contributed by atoms with Crippen LogP contribution < -0.4 is 0 Å². The molecular weight excluding hydrogens is 472 g/mol. The molecule has 0 aliphatic heterocycles. The molecule has 0 N–H and O–H groups in total. The standard InChI is InChI=1S/C29H18N2O6/c32-28-24-13-18(16-3-1-5-20(11-16)30(34)35)7-9-22(24)26-15-27(28)23-10-8-19(14-25(23)29(26)33)17-4-2-6-21(12-17)31(36)37/h1-14,26-27H,15H2. The average molecular weight is 490 g/mol. The molecule has 4 aromatic rings. The summed E-state index contributed by atoms with van der Waals surface area (Å²) in [6.07, 6.45) is 0.393. The number of non-ortho nitro benzene ring substituents is 2. The van der Waals surface area contributed by atoms with Crippen molar-refractivity contribution in [2.24, 2.45) is 0 Å². The second-order valence-corrected chi connectivity index (χ2v) is 9.29. The summed E-state index contributed by atoms with van der Waals surface area (Å²) in [5.74, 6) is -1.14. The van der Waals surface area contributed by atoms with E-state index in [0.717, 1.165) is 0 Å². The lowest BCUT2D eigenvalue weighted by Gasteiger charge is -2.36. The highest BCUT2D eigenvalue weighted by Gasteiger charge is 2.44. The Kier molecular flexibility index (Phi) is 5.05. The number of benzene rings is 4. The summed E-state index contributed by atoms with van der Waals surface area (Å²) in [6, 6.07) is 23.0. The van der Waals surface area contributed by atoms with Crippen molar-refractivity contribution < 1.29 is 19.4 Å². The van der Waals surface area contributed by atoms with E-state index in [1.165, 1.54) is 24.3 Å². The van der Waals surface area contributed by atoms with Gasteiger partial charge in [-0.25, -0.2) is 0 Å². The Morgan fingerprint density at radius 3 is 1.38 bits per heavy atom. The van der Waals surface area contributed by atoms with Crippen molar-refractivity contribution in [1.82, 2.24) is 0 Å². The Balaban J connectivity index is 1.41. The van der Waals surface area contributed by atoms with E-state index in [2.05, 4.69) is 0 Å². The first kappa shape index (κ1) is 22.5. The molecule has 0 amide bonds. The van der Waals surface area contributed by atoms with E-state index in [1.54, 1.807) is 60.7 Å². The lowest BCUT2D eigenvalue weighted by molar-refractivity contribution is -0.385. The Labute approximate surface area is 210 Å². The zero-order chi connectivity index (χ0) is 25.8. The molecule has 4 aromatic carbocycles. The fourth-order valence-electron chi connectivity index (χ4n) is 5.47. The minimum atomic E-state index is -0.482. The third-order valence-electron chi connectivity index (χ3n) is 7.27. The first-order valence-corrected chi connectivity index (χ1v) is 11.7. The SMILES string of the molecule is O=C1c2cc(-c3cccc([N+](=O)[O-])c3)ccc2C2CC1c1ccc(-c3cccc([N+](=O)[O-])c3)cc1C2=O. The Morgan fingerprint density at radius 1 is 0.568 bits per heavy atom. The topological polar surface area (TPSA) is 120 Å². The molecular formula is C29H18N2O6. The van der Waals surface area contributed by atoms with Crippen LogP contribution in [0.3, 0.4) is 0 Å². The number of carbonyl (C=O) groups is 2. The fraction of sp³-hybridized carbons (Fsp3) is 0.103. The maximum Gasteiger partial charge on any atom is 0.270 e. The molecule has 180 valence electrons. The number of carbonyl (C=O) groups excluding carboxylic acids is 2. The zero-order valence-corrected chi connectivity index (χ0v) is 19.3. The second kappa shape index (κ2) is 8.30. The van der Waals surface area contributed by atoms with E-state index in [4.69, 9.17) is 0 Å². The monoisotopic (exact) mass is 490 g/mol. The smallest absolute Gasteiger partial charge is 0.270 e. The van der Waals surface area contributed by atoms with Crippen LogP contribution >= 0.6 is 0 Å². The van der Waals surface area contributed by atoms with E-state index >= 15 is 0 Å². The molecule has 8 heteroatoms. The highest BCUT2D eigenvalue weighted by Crippen LogP contribution is 2.48. The van der Waals surface area contributed by atoms with Crippen LogP contribution in [0.4, 0.5) is 11.4 Å². The van der Waals surface area contributed by atoms with Crippen LogP contribution in [0.1, 0.15) is 50.1 Å². The number of nitro benzene ring substituents is 2. The summed E-state index contributed by atoms with van der Waals surface area (Å²) in [7, 11) is 0. The van der Waals surface area contributed by atoms with Crippen LogP contribution in [-0.2, 0) is 0 Å². The Morgan fingerprint density at radius 2 is 0.973 bits per heavy atom. The maximum atomic E-state index is 13.6. The average Bonchev–Trinajstić information content (AvgIpc) is 2.92. The molecule has 0 aromatic heterocycles. The van der Waals surface area contributed by atoms with Crippen molar-refractivity contribution in [3.63, 3.8) is 0 Å². The number of Topliss-reactive ketones (excluding diaryl/α,β-unsaturated/α-hetero) is 2. The van der Waals surface area contributed by atoms with Crippen molar-refractivity contribution in [3.8, 4) is 22.3 Å². The summed E-state index contributed by atoms with van der Waals surface area (Å²) in [6.45, 7) is 0. The summed E-state index contributed by atoms with van der Waals surface area (Å²) in [5, 5.41) is 22.4. The van der Waals surface area contributed by atoms with Gasteiger partial charge in [-0.2, -0.15) is 0 Å². The van der Waals surface area contributed by atoms with Gasteiger partial charge in [0.1, 0.15) is 0 Å². The molecule has 2 bridgehead atoms. The third-order valence-corrected chi connectivity index (χ3v) is 7.27. The largest absolute Gasteiger partial charge is 0.293 e. The van der Waals surface area contributed by atoms with Crippen molar-refractivity contribution in [3.05, 3.63) is 127 Å². The number of hydrogen-bond donors (Lipinski definition) is 0. The normalized spacial score (nSPS) is 17.6. The molecule has 0 heterocycles. The summed E-state index contributed by atoms with van der Waals surface area (Å²) in [4.78, 5) is 48.7. The molecule has 0 saturated carbocycles. The van der Waals surface area contributed by atoms with Crippen LogP contribution in [-0.4, -0.2) is 21.4 Å². The summed E-state index contributed by atoms with van der Waals surface area (Å²) >= 11 is 0.